The first-order valence-corrected chi connectivity index (χ1v) is 31.3. The van der Waals surface area contributed by atoms with Crippen molar-refractivity contribution >= 4 is 11.9 Å². The van der Waals surface area contributed by atoms with Gasteiger partial charge in [0.15, 0.2) is 0 Å². The maximum Gasteiger partial charge on any atom is 0.305 e. The maximum absolute atomic E-state index is 12.5. The zero-order valence-corrected chi connectivity index (χ0v) is 47.0. The predicted molar refractivity (Wildman–Crippen MR) is 306 cm³/mol. The molecule has 6 nitrogen and oxygen atoms in total. The van der Waals surface area contributed by atoms with E-state index in [2.05, 4.69) is 43.5 Å². The monoisotopic (exact) mass is 984 g/mol. The molecule has 0 saturated carbocycles. The molecule has 0 spiro atoms. The summed E-state index contributed by atoms with van der Waals surface area (Å²) >= 11 is 0. The number of carbonyl (C=O) groups excluding carboxylic acids is 2. The Morgan fingerprint density at radius 3 is 1.01 bits per heavy atom. The van der Waals surface area contributed by atoms with Crippen LogP contribution in [0.2, 0.25) is 0 Å². The second-order valence-corrected chi connectivity index (χ2v) is 21.4. The van der Waals surface area contributed by atoms with Gasteiger partial charge in [-0.2, -0.15) is 0 Å². The minimum Gasteiger partial charge on any atom is -0.466 e. The van der Waals surface area contributed by atoms with E-state index in [0.29, 0.717) is 19.4 Å². The lowest BCUT2D eigenvalue weighted by Gasteiger charge is -2.20. The topological polar surface area (TPSA) is 95.9 Å². The summed E-state index contributed by atoms with van der Waals surface area (Å²) in [6.45, 7) is 4.90. The quantitative estimate of drug-likeness (QED) is 0.0321. The molecule has 0 aliphatic rings. The van der Waals surface area contributed by atoms with Crippen molar-refractivity contribution in [1.82, 2.24) is 5.32 Å². The molecule has 412 valence electrons. The first-order valence-electron chi connectivity index (χ1n) is 31.3. The molecule has 0 aromatic heterocycles. The molecule has 0 saturated heterocycles. The second-order valence-electron chi connectivity index (χ2n) is 21.4. The lowest BCUT2D eigenvalue weighted by Crippen LogP contribution is -2.45. The lowest BCUT2D eigenvalue weighted by atomic mass is 10.0. The van der Waals surface area contributed by atoms with Crippen molar-refractivity contribution in [2.75, 3.05) is 13.2 Å². The number of amides is 1. The van der Waals surface area contributed by atoms with E-state index in [1.165, 1.54) is 257 Å². The van der Waals surface area contributed by atoms with Gasteiger partial charge in [-0.05, 0) is 83.5 Å². The van der Waals surface area contributed by atoms with E-state index < -0.39 is 12.1 Å². The zero-order chi connectivity index (χ0) is 50.7. The molecule has 1 amide bonds. The molecule has 70 heavy (non-hydrogen) atoms. The number of rotatable bonds is 58. The van der Waals surface area contributed by atoms with Gasteiger partial charge in [0, 0.05) is 12.8 Å². The minimum atomic E-state index is -0.850. The van der Waals surface area contributed by atoms with Gasteiger partial charge in [-0.1, -0.05) is 275 Å². The van der Waals surface area contributed by atoms with Crippen molar-refractivity contribution in [1.29, 1.82) is 0 Å². The fourth-order valence-electron chi connectivity index (χ4n) is 9.57. The van der Waals surface area contributed by atoms with Crippen molar-refractivity contribution < 1.29 is 24.5 Å². The van der Waals surface area contributed by atoms with Crippen LogP contribution in [0.4, 0.5) is 0 Å². The summed E-state index contributed by atoms with van der Waals surface area (Å²) in [6.07, 6.45) is 74.7. The van der Waals surface area contributed by atoms with E-state index in [1.807, 2.05) is 6.08 Å². The number of aliphatic hydroxyl groups is 2. The largest absolute Gasteiger partial charge is 0.466 e. The highest BCUT2D eigenvalue weighted by Gasteiger charge is 2.18. The molecule has 0 bridgehead atoms. The summed E-state index contributed by atoms with van der Waals surface area (Å²) in [5, 5.41) is 23.1. The number of carbonyl (C=O) groups is 2. The first-order chi connectivity index (χ1) is 34.5. The summed E-state index contributed by atoms with van der Waals surface area (Å²) in [4.78, 5) is 24.5. The molecule has 0 fully saturated rings. The number of aliphatic hydroxyl groups excluding tert-OH is 2. The van der Waals surface area contributed by atoms with Crippen LogP contribution in [0.5, 0.6) is 0 Å². The Hall–Kier alpha value is -1.92. The van der Waals surface area contributed by atoms with Crippen LogP contribution in [0.3, 0.4) is 0 Å². The lowest BCUT2D eigenvalue weighted by molar-refractivity contribution is -0.143. The molecule has 0 aromatic rings. The highest BCUT2D eigenvalue weighted by molar-refractivity contribution is 5.76. The number of nitrogens with one attached hydrogen (secondary N) is 1. The van der Waals surface area contributed by atoms with E-state index in [9.17, 15) is 19.8 Å². The Bertz CT molecular complexity index is 1130. The third-order valence-corrected chi connectivity index (χ3v) is 14.4. The Kier molecular flexibility index (Phi) is 58.0. The smallest absolute Gasteiger partial charge is 0.305 e. The van der Waals surface area contributed by atoms with E-state index in [0.717, 1.165) is 51.4 Å². The van der Waals surface area contributed by atoms with Crippen molar-refractivity contribution in [3.05, 3.63) is 36.5 Å². The molecule has 0 rings (SSSR count). The summed E-state index contributed by atoms with van der Waals surface area (Å²) in [5.41, 5.74) is 0. The molecule has 0 heterocycles. The van der Waals surface area contributed by atoms with Crippen LogP contribution < -0.4 is 5.32 Å². The summed E-state index contributed by atoms with van der Waals surface area (Å²) < 4.78 is 5.48. The van der Waals surface area contributed by atoms with Crippen LogP contribution in [-0.4, -0.2) is 47.4 Å². The molecule has 0 radical (unpaired) electrons. The Balaban J connectivity index is 3.45. The van der Waals surface area contributed by atoms with E-state index in [1.54, 1.807) is 6.08 Å². The number of ether oxygens (including phenoxy) is 1. The molecule has 2 atom stereocenters. The van der Waals surface area contributed by atoms with Gasteiger partial charge in [-0.3, -0.25) is 9.59 Å². The van der Waals surface area contributed by atoms with Gasteiger partial charge in [0.2, 0.25) is 5.91 Å². The molecule has 2 unspecified atom stereocenters. The van der Waals surface area contributed by atoms with Gasteiger partial charge < -0.3 is 20.3 Å². The molecular weight excluding hydrogens is 863 g/mol. The summed E-state index contributed by atoms with van der Waals surface area (Å²) in [6, 6.07) is -0.634. The van der Waals surface area contributed by atoms with Crippen molar-refractivity contribution in [3.63, 3.8) is 0 Å². The molecule has 0 aliphatic carbocycles. The van der Waals surface area contributed by atoms with Crippen molar-refractivity contribution in [2.24, 2.45) is 0 Å². The normalized spacial score (nSPS) is 12.8. The fraction of sp³-hybridized carbons (Fsp3) is 0.875. The number of allylic oxidation sites excluding steroid dienone is 5. The highest BCUT2D eigenvalue weighted by atomic mass is 16.5. The van der Waals surface area contributed by atoms with Crippen LogP contribution in [0.25, 0.3) is 0 Å². The molecule has 3 N–H and O–H groups in total. The average Bonchev–Trinajstić information content (AvgIpc) is 3.36. The predicted octanol–water partition coefficient (Wildman–Crippen LogP) is 19.6. The standard InChI is InChI=1S/C64H121NO5/c1-3-5-7-9-11-13-15-17-19-28-32-36-40-44-48-52-56-62(67)61(60-66)65-63(68)57-53-49-45-41-37-33-29-26-24-22-21-23-25-27-31-35-39-43-47-51-55-59-70-64(69)58-54-50-46-42-38-34-30-20-18-16-14-12-10-8-6-4-2/h20,22,24,30,52,56,61-62,66-67H,3-19,21,23,25-29,31-51,53-55,57-60H2,1-2H3,(H,65,68)/b24-22-,30-20-,56-52+. The van der Waals surface area contributed by atoms with Gasteiger partial charge in [0.25, 0.3) is 0 Å². The molecule has 6 heteroatoms. The molecule has 0 aromatic carbocycles. The van der Waals surface area contributed by atoms with Gasteiger partial charge in [0.05, 0.1) is 25.4 Å². The van der Waals surface area contributed by atoms with Gasteiger partial charge >= 0.3 is 5.97 Å². The maximum atomic E-state index is 12.5. The highest BCUT2D eigenvalue weighted by Crippen LogP contribution is 2.17. The first kappa shape index (κ1) is 68.1. The van der Waals surface area contributed by atoms with Crippen LogP contribution in [-0.2, 0) is 14.3 Å². The van der Waals surface area contributed by atoms with E-state index >= 15 is 0 Å². The number of esters is 1. The second kappa shape index (κ2) is 59.6. The number of hydrogen-bond acceptors (Lipinski definition) is 5. The van der Waals surface area contributed by atoms with Gasteiger partial charge in [0.1, 0.15) is 0 Å². The van der Waals surface area contributed by atoms with Crippen LogP contribution in [0.15, 0.2) is 36.5 Å². The SMILES string of the molecule is CCCCCCCCC/C=C\CCCCCCCC(=O)OCCCCCCCCCCCC/C=C\CCCCCCCCCC(=O)NC(CO)C(O)/C=C/CCCCCCCCCCCCCCCC. The van der Waals surface area contributed by atoms with Crippen LogP contribution in [0, 0.1) is 0 Å². The van der Waals surface area contributed by atoms with Gasteiger partial charge in [-0.25, -0.2) is 0 Å². The Labute approximate surface area is 436 Å². The van der Waals surface area contributed by atoms with E-state index in [4.69, 9.17) is 4.74 Å². The van der Waals surface area contributed by atoms with Crippen LogP contribution in [0.1, 0.15) is 335 Å². The molecule has 0 aliphatic heterocycles. The van der Waals surface area contributed by atoms with Crippen molar-refractivity contribution in [2.45, 2.75) is 347 Å². The zero-order valence-electron chi connectivity index (χ0n) is 47.0. The number of hydrogen-bond donors (Lipinski definition) is 3. The fourth-order valence-corrected chi connectivity index (χ4v) is 9.57. The minimum absolute atomic E-state index is 0.000267. The van der Waals surface area contributed by atoms with Gasteiger partial charge in [-0.15, -0.1) is 0 Å². The third-order valence-electron chi connectivity index (χ3n) is 14.4. The van der Waals surface area contributed by atoms with Crippen molar-refractivity contribution in [3.8, 4) is 0 Å². The van der Waals surface area contributed by atoms with Crippen LogP contribution >= 0.6 is 0 Å². The summed E-state index contributed by atoms with van der Waals surface area (Å²) in [7, 11) is 0. The van der Waals surface area contributed by atoms with E-state index in [-0.39, 0.29) is 18.5 Å². The molecular formula is C64H121NO5. The summed E-state index contributed by atoms with van der Waals surface area (Å²) in [5.74, 6) is -0.0743. The number of unbranched alkanes of at least 4 members (excludes halogenated alkanes) is 43. The Morgan fingerprint density at radius 2 is 0.671 bits per heavy atom. The third kappa shape index (κ3) is 55.4. The average molecular weight is 985 g/mol. The Morgan fingerprint density at radius 1 is 0.386 bits per heavy atom.